The predicted molar refractivity (Wildman–Crippen MR) is 85.5 cm³/mol. The smallest absolute Gasteiger partial charge is 0.0388 e. The molecule has 2 heterocycles. The zero-order valence-corrected chi connectivity index (χ0v) is 13.5. The minimum atomic E-state index is 0.530. The van der Waals surface area contributed by atoms with Crippen molar-refractivity contribution in [2.45, 2.75) is 76.5 Å². The van der Waals surface area contributed by atoms with Gasteiger partial charge in [0, 0.05) is 40.5 Å². The molecular formula is C17H26N2S. The first-order valence-electron chi connectivity index (χ1n) is 8.34. The third-order valence-corrected chi connectivity index (χ3v) is 6.74. The molecule has 3 heteroatoms. The van der Waals surface area contributed by atoms with Crippen molar-refractivity contribution < 1.29 is 0 Å². The number of thiophene rings is 1. The summed E-state index contributed by atoms with van der Waals surface area (Å²) in [5.41, 5.74) is 1.64. The number of hydrogen-bond acceptors (Lipinski definition) is 3. The molecule has 0 radical (unpaired) electrons. The van der Waals surface area contributed by atoms with E-state index in [0.29, 0.717) is 12.1 Å². The van der Waals surface area contributed by atoms with Gasteiger partial charge in [0.2, 0.25) is 0 Å². The summed E-state index contributed by atoms with van der Waals surface area (Å²) in [5.74, 6) is 0. The van der Waals surface area contributed by atoms with Crippen molar-refractivity contribution >= 4 is 11.3 Å². The summed E-state index contributed by atoms with van der Waals surface area (Å²) >= 11 is 2.06. The average molecular weight is 290 g/mol. The van der Waals surface area contributed by atoms with E-state index in [1.807, 2.05) is 0 Å². The molecule has 3 aliphatic rings. The van der Waals surface area contributed by atoms with E-state index >= 15 is 0 Å². The first kappa shape index (κ1) is 13.3. The number of hydrogen-bond donors (Lipinski definition) is 1. The summed E-state index contributed by atoms with van der Waals surface area (Å²) in [7, 11) is 0. The molecule has 1 saturated carbocycles. The second-order valence-electron chi connectivity index (χ2n) is 7.05. The minimum absolute atomic E-state index is 0.530. The van der Waals surface area contributed by atoms with Crippen molar-refractivity contribution in [1.82, 2.24) is 10.2 Å². The van der Waals surface area contributed by atoms with E-state index in [2.05, 4.69) is 41.5 Å². The molecule has 2 nitrogen and oxygen atoms in total. The zero-order chi connectivity index (χ0) is 13.7. The molecule has 1 N–H and O–H groups in total. The molecule has 1 saturated heterocycles. The Labute approximate surface area is 126 Å². The maximum atomic E-state index is 3.90. The van der Waals surface area contributed by atoms with E-state index in [4.69, 9.17) is 0 Å². The summed E-state index contributed by atoms with van der Waals surface area (Å²) in [4.78, 5) is 5.96. The predicted octanol–water partition coefficient (Wildman–Crippen LogP) is 3.51. The Kier molecular flexibility index (Phi) is 3.40. The number of nitrogens with one attached hydrogen (secondary N) is 1. The molecule has 1 aliphatic heterocycles. The first-order valence-corrected chi connectivity index (χ1v) is 9.15. The Morgan fingerprint density at radius 3 is 2.95 bits per heavy atom. The van der Waals surface area contributed by atoms with Crippen molar-refractivity contribution in [1.29, 1.82) is 0 Å². The fraction of sp³-hybridized carbons (Fsp3) is 0.765. The highest BCUT2D eigenvalue weighted by Gasteiger charge is 2.39. The van der Waals surface area contributed by atoms with Crippen molar-refractivity contribution in [3.63, 3.8) is 0 Å². The van der Waals surface area contributed by atoms with Crippen LogP contribution < -0.4 is 5.32 Å². The quantitative estimate of drug-likeness (QED) is 0.913. The molecule has 0 spiro atoms. The van der Waals surface area contributed by atoms with Crippen LogP contribution >= 0.6 is 11.3 Å². The molecule has 2 aliphatic carbocycles. The normalized spacial score (nSPS) is 31.7. The van der Waals surface area contributed by atoms with Gasteiger partial charge < -0.3 is 5.32 Å². The van der Waals surface area contributed by atoms with E-state index in [-0.39, 0.29) is 0 Å². The second kappa shape index (κ2) is 5.11. The van der Waals surface area contributed by atoms with E-state index in [1.165, 1.54) is 45.1 Å². The second-order valence-corrected chi connectivity index (χ2v) is 8.22. The number of rotatable bonds is 4. The molecule has 110 valence electrons. The fourth-order valence-electron chi connectivity index (χ4n) is 4.09. The first-order chi connectivity index (χ1) is 9.70. The topological polar surface area (TPSA) is 15.3 Å². The summed E-state index contributed by atoms with van der Waals surface area (Å²) in [6.45, 7) is 6.02. The molecule has 4 rings (SSSR count). The van der Waals surface area contributed by atoms with Crippen molar-refractivity contribution in [2.24, 2.45) is 0 Å². The maximum absolute atomic E-state index is 3.90. The van der Waals surface area contributed by atoms with Gasteiger partial charge in [-0.2, -0.15) is 0 Å². The van der Waals surface area contributed by atoms with Crippen LogP contribution in [0.5, 0.6) is 0 Å². The van der Waals surface area contributed by atoms with Gasteiger partial charge in [-0.1, -0.05) is 0 Å². The van der Waals surface area contributed by atoms with Gasteiger partial charge in [0.25, 0.3) is 0 Å². The molecule has 0 aromatic carbocycles. The van der Waals surface area contributed by atoms with Gasteiger partial charge in [0.15, 0.2) is 0 Å². The monoisotopic (exact) mass is 290 g/mol. The largest absolute Gasteiger partial charge is 0.305 e. The van der Waals surface area contributed by atoms with Crippen molar-refractivity contribution in [2.75, 3.05) is 6.54 Å². The third kappa shape index (κ3) is 2.44. The number of fused-ring (bicyclic) bond motifs is 1. The van der Waals surface area contributed by atoms with Gasteiger partial charge in [-0.3, -0.25) is 4.90 Å². The van der Waals surface area contributed by atoms with Crippen LogP contribution in [0.15, 0.2) is 6.07 Å². The Morgan fingerprint density at radius 2 is 2.20 bits per heavy atom. The molecule has 1 aromatic heterocycles. The molecule has 3 atom stereocenters. The molecule has 2 fully saturated rings. The van der Waals surface area contributed by atoms with Crippen LogP contribution in [0, 0.1) is 0 Å². The highest BCUT2D eigenvalue weighted by Crippen LogP contribution is 2.36. The van der Waals surface area contributed by atoms with Gasteiger partial charge in [-0.05, 0) is 64.0 Å². The van der Waals surface area contributed by atoms with Crippen molar-refractivity contribution in [3.05, 3.63) is 21.4 Å². The van der Waals surface area contributed by atoms with Crippen LogP contribution in [0.1, 0.15) is 60.9 Å². The highest BCUT2D eigenvalue weighted by molar-refractivity contribution is 7.12. The summed E-state index contributed by atoms with van der Waals surface area (Å²) in [5, 5.41) is 3.90. The molecule has 0 amide bonds. The van der Waals surface area contributed by atoms with E-state index in [1.54, 1.807) is 15.3 Å². The van der Waals surface area contributed by atoms with Gasteiger partial charge in [-0.15, -0.1) is 11.3 Å². The third-order valence-electron chi connectivity index (χ3n) is 5.32. The van der Waals surface area contributed by atoms with Crippen LogP contribution in [0.2, 0.25) is 0 Å². The van der Waals surface area contributed by atoms with Crippen LogP contribution in [0.25, 0.3) is 0 Å². The average Bonchev–Trinajstić information content (AvgIpc) is 2.85. The lowest BCUT2D eigenvalue weighted by molar-refractivity contribution is 0.254. The number of likely N-dealkylation sites (tertiary alicyclic amines) is 1. The Hall–Kier alpha value is -0.380. The lowest BCUT2D eigenvalue weighted by Crippen LogP contribution is -2.35. The van der Waals surface area contributed by atoms with Gasteiger partial charge in [0.1, 0.15) is 0 Å². The molecular weight excluding hydrogens is 264 g/mol. The summed E-state index contributed by atoms with van der Waals surface area (Å²) in [6, 6.07) is 5.39. The van der Waals surface area contributed by atoms with E-state index in [0.717, 1.165) is 12.1 Å². The SMILES string of the molecule is C[C@H](N[C@H]1C[C@H](C)N(C2CC2)C1)c1cc2c(s1)CCC2. The maximum Gasteiger partial charge on any atom is 0.0388 e. The lowest BCUT2D eigenvalue weighted by atomic mass is 10.1. The molecule has 0 bridgehead atoms. The summed E-state index contributed by atoms with van der Waals surface area (Å²) in [6.07, 6.45) is 8.21. The van der Waals surface area contributed by atoms with Crippen LogP contribution in [0.4, 0.5) is 0 Å². The standard InChI is InChI=1S/C17H26N2S/c1-11-8-14(10-19(11)15-6-7-15)18-12(2)17-9-13-4-3-5-16(13)20-17/h9,11-12,14-15,18H,3-8,10H2,1-2H3/t11-,12-,14-/m0/s1. The van der Waals surface area contributed by atoms with E-state index < -0.39 is 0 Å². The van der Waals surface area contributed by atoms with Gasteiger partial charge in [0.05, 0.1) is 0 Å². The number of aryl methyl sites for hydroxylation is 2. The fourth-order valence-corrected chi connectivity index (χ4v) is 5.36. The number of nitrogens with zero attached hydrogens (tertiary/aromatic N) is 1. The van der Waals surface area contributed by atoms with Crippen molar-refractivity contribution in [3.8, 4) is 0 Å². The van der Waals surface area contributed by atoms with E-state index in [9.17, 15) is 0 Å². The highest BCUT2D eigenvalue weighted by atomic mass is 32.1. The van der Waals surface area contributed by atoms with Gasteiger partial charge in [-0.25, -0.2) is 0 Å². The van der Waals surface area contributed by atoms with Gasteiger partial charge >= 0.3 is 0 Å². The zero-order valence-electron chi connectivity index (χ0n) is 12.7. The minimum Gasteiger partial charge on any atom is -0.305 e. The lowest BCUT2D eigenvalue weighted by Gasteiger charge is -2.21. The Balaban J connectivity index is 1.38. The summed E-state index contributed by atoms with van der Waals surface area (Å²) < 4.78 is 0. The Morgan fingerprint density at radius 1 is 1.35 bits per heavy atom. The van der Waals surface area contributed by atoms with Crippen LogP contribution in [0.3, 0.4) is 0 Å². The molecule has 1 aromatic rings. The van der Waals surface area contributed by atoms with Crippen LogP contribution in [-0.2, 0) is 12.8 Å². The molecule has 20 heavy (non-hydrogen) atoms. The molecule has 0 unspecified atom stereocenters. The Bertz CT molecular complexity index is 470. The van der Waals surface area contributed by atoms with Crippen LogP contribution in [-0.4, -0.2) is 29.6 Å².